The Morgan fingerprint density at radius 2 is 1.91 bits per heavy atom. The highest BCUT2D eigenvalue weighted by Crippen LogP contribution is 2.25. The molecule has 3 heterocycles. The van der Waals surface area contributed by atoms with Gasteiger partial charge in [0.25, 0.3) is 5.91 Å². The summed E-state index contributed by atoms with van der Waals surface area (Å²) >= 11 is 6.11. The van der Waals surface area contributed by atoms with Crippen molar-refractivity contribution < 1.29 is 19.1 Å². The maximum atomic E-state index is 12.8. The Balaban J connectivity index is 1.71. The van der Waals surface area contributed by atoms with Crippen molar-refractivity contribution in [2.24, 2.45) is 0 Å². The Kier molecular flexibility index (Phi) is 10.0. The van der Waals surface area contributed by atoms with Crippen molar-refractivity contribution in [1.29, 1.82) is 0 Å². The number of hydrogen-bond acceptors (Lipinski definition) is 6. The van der Waals surface area contributed by atoms with Gasteiger partial charge in [-0.15, -0.1) is 0 Å². The average molecular weight is 508 g/mol. The van der Waals surface area contributed by atoms with Crippen molar-refractivity contribution in [2.45, 2.75) is 78.4 Å². The number of anilines is 1. The maximum absolute atomic E-state index is 12.8. The summed E-state index contributed by atoms with van der Waals surface area (Å²) < 4.78 is 11.6. The van der Waals surface area contributed by atoms with Crippen LogP contribution in [-0.2, 0) is 22.3 Å². The smallest absolute Gasteiger partial charge is 0.340 e. The quantitative estimate of drug-likeness (QED) is 0.292. The minimum atomic E-state index is -0.291. The van der Waals surface area contributed by atoms with Gasteiger partial charge in [-0.25, -0.2) is 9.78 Å². The minimum Gasteiger partial charge on any atom is -0.462 e. The molecule has 2 unspecified atom stereocenters. The summed E-state index contributed by atoms with van der Waals surface area (Å²) in [6.45, 7) is 10.4. The van der Waals surface area contributed by atoms with E-state index in [2.05, 4.69) is 39.0 Å². The number of nitrogens with zero attached hydrogens (tertiary/aromatic N) is 2. The molecule has 35 heavy (non-hydrogen) atoms. The highest BCUT2D eigenvalue weighted by atomic mass is 35.5. The van der Waals surface area contributed by atoms with E-state index in [1.807, 2.05) is 19.9 Å². The number of aryl methyl sites for hydroxylation is 2. The van der Waals surface area contributed by atoms with Crippen LogP contribution in [0.25, 0.3) is 0 Å². The van der Waals surface area contributed by atoms with Gasteiger partial charge in [-0.1, -0.05) is 45.7 Å². The summed E-state index contributed by atoms with van der Waals surface area (Å²) in [6.07, 6.45) is 4.55. The molecule has 0 aromatic carbocycles. The van der Waals surface area contributed by atoms with Gasteiger partial charge >= 0.3 is 5.97 Å². The summed E-state index contributed by atoms with van der Waals surface area (Å²) in [6, 6.07) is 1.71. The number of halogens is 1. The molecule has 3 rings (SSSR count). The molecule has 2 aromatic rings. The predicted octanol–water partition coefficient (Wildman–Crippen LogP) is 4.28. The van der Waals surface area contributed by atoms with Crippen molar-refractivity contribution in [3.05, 3.63) is 34.0 Å². The van der Waals surface area contributed by atoms with Gasteiger partial charge in [0.2, 0.25) is 0 Å². The molecule has 1 aliphatic rings. The Bertz CT molecular complexity index is 989. The van der Waals surface area contributed by atoms with E-state index in [0.29, 0.717) is 56.3 Å². The fourth-order valence-corrected chi connectivity index (χ4v) is 4.47. The number of aromatic nitrogens is 3. The van der Waals surface area contributed by atoms with Crippen molar-refractivity contribution in [3.8, 4) is 0 Å². The normalized spacial score (nSPS) is 18.0. The topological polar surface area (TPSA) is 112 Å². The molecule has 1 saturated heterocycles. The third-order valence-electron chi connectivity index (χ3n) is 6.24. The number of unbranched alkanes of at least 4 members (excludes halogenated alkanes) is 1. The van der Waals surface area contributed by atoms with E-state index in [-0.39, 0.29) is 29.8 Å². The minimum absolute atomic E-state index is 0.168. The van der Waals surface area contributed by atoms with Crippen LogP contribution < -0.4 is 10.2 Å². The van der Waals surface area contributed by atoms with E-state index < -0.39 is 0 Å². The zero-order valence-electron chi connectivity index (χ0n) is 21.2. The van der Waals surface area contributed by atoms with Gasteiger partial charge in [0, 0.05) is 25.4 Å². The third kappa shape index (κ3) is 6.79. The second kappa shape index (κ2) is 13.0. The van der Waals surface area contributed by atoms with Crippen LogP contribution in [0.5, 0.6) is 0 Å². The van der Waals surface area contributed by atoms with Crippen LogP contribution in [0.4, 0.5) is 5.82 Å². The van der Waals surface area contributed by atoms with E-state index in [0.717, 1.165) is 36.5 Å². The van der Waals surface area contributed by atoms with Gasteiger partial charge in [-0.3, -0.25) is 4.79 Å². The molecule has 0 radical (unpaired) electrons. The van der Waals surface area contributed by atoms with E-state index in [9.17, 15) is 9.59 Å². The van der Waals surface area contributed by atoms with E-state index in [1.165, 1.54) is 0 Å². The maximum Gasteiger partial charge on any atom is 0.340 e. The number of esters is 1. The molecule has 0 spiro atoms. The highest BCUT2D eigenvalue weighted by molar-refractivity contribution is 6.30. The number of aromatic amines is 2. The number of piperidine rings is 1. The van der Waals surface area contributed by atoms with Gasteiger partial charge in [0.1, 0.15) is 5.82 Å². The summed E-state index contributed by atoms with van der Waals surface area (Å²) in [5, 5.41) is 3.41. The molecule has 1 aliphatic heterocycles. The van der Waals surface area contributed by atoms with Crippen LogP contribution >= 0.6 is 11.6 Å². The van der Waals surface area contributed by atoms with Crippen molar-refractivity contribution in [2.75, 3.05) is 31.2 Å². The fraction of sp³-hybridized carbons (Fsp3) is 0.640. The Morgan fingerprint density at radius 1 is 1.14 bits per heavy atom. The monoisotopic (exact) mass is 507 g/mol. The average Bonchev–Trinajstić information content (AvgIpc) is 3.47. The zero-order chi connectivity index (χ0) is 25.4. The lowest BCUT2D eigenvalue weighted by molar-refractivity contribution is 0.0203. The molecule has 9 nitrogen and oxygen atoms in total. The van der Waals surface area contributed by atoms with Crippen LogP contribution in [0, 0.1) is 0 Å². The zero-order valence-corrected chi connectivity index (χ0v) is 22.0. The molecule has 10 heteroatoms. The number of rotatable bonds is 12. The third-order valence-corrected chi connectivity index (χ3v) is 6.55. The van der Waals surface area contributed by atoms with Crippen LogP contribution in [0.2, 0.25) is 5.15 Å². The molecule has 194 valence electrons. The number of ether oxygens (including phenoxy) is 2. The van der Waals surface area contributed by atoms with Crippen molar-refractivity contribution >= 4 is 29.3 Å². The van der Waals surface area contributed by atoms with Gasteiger partial charge in [0.15, 0.2) is 11.0 Å². The summed E-state index contributed by atoms with van der Waals surface area (Å²) in [5.74, 6) is 0.499. The summed E-state index contributed by atoms with van der Waals surface area (Å²) in [5.41, 5.74) is 2.19. The first kappa shape index (κ1) is 27.1. The predicted molar refractivity (Wildman–Crippen MR) is 136 cm³/mol. The molecule has 1 amide bonds. The van der Waals surface area contributed by atoms with Crippen LogP contribution in [0.15, 0.2) is 6.07 Å². The van der Waals surface area contributed by atoms with E-state index >= 15 is 0 Å². The number of H-pyrrole nitrogens is 2. The van der Waals surface area contributed by atoms with Gasteiger partial charge < -0.3 is 29.7 Å². The molecule has 0 bridgehead atoms. The number of carbonyl (C=O) groups is 2. The van der Waals surface area contributed by atoms with Gasteiger partial charge in [-0.2, -0.15) is 0 Å². The summed E-state index contributed by atoms with van der Waals surface area (Å²) in [7, 11) is 0. The molecular weight excluding hydrogens is 470 g/mol. The largest absolute Gasteiger partial charge is 0.462 e. The lowest BCUT2D eigenvalue weighted by Crippen LogP contribution is -2.55. The molecule has 2 atom stereocenters. The number of nitrogens with one attached hydrogen (secondary N) is 3. The highest BCUT2D eigenvalue weighted by Gasteiger charge is 2.33. The second-order valence-corrected chi connectivity index (χ2v) is 9.18. The molecule has 1 fully saturated rings. The lowest BCUT2D eigenvalue weighted by atomic mass is 10.0. The SMILES string of the molecule is CCCCOC(=O)c1cc(N2CCC(NC(=O)c3nc(Cl)c(CC)[nH]3)C(OCCC)C2)[nH]c1CC. The van der Waals surface area contributed by atoms with E-state index in [1.54, 1.807) is 0 Å². The first-order valence-corrected chi connectivity index (χ1v) is 13.1. The fourth-order valence-electron chi connectivity index (χ4n) is 4.21. The molecule has 2 aromatic heterocycles. The van der Waals surface area contributed by atoms with Crippen LogP contribution in [0.3, 0.4) is 0 Å². The Labute approximate surface area is 212 Å². The number of imidazole rings is 1. The van der Waals surface area contributed by atoms with Gasteiger partial charge in [0.05, 0.1) is 30.0 Å². The van der Waals surface area contributed by atoms with Crippen molar-refractivity contribution in [3.63, 3.8) is 0 Å². The number of amides is 1. The van der Waals surface area contributed by atoms with Crippen LogP contribution in [-0.4, -0.2) is 65.3 Å². The molecule has 0 saturated carbocycles. The van der Waals surface area contributed by atoms with Crippen LogP contribution in [0.1, 0.15) is 85.7 Å². The van der Waals surface area contributed by atoms with E-state index in [4.69, 9.17) is 21.1 Å². The molecular formula is C25H38ClN5O4. The first-order valence-electron chi connectivity index (χ1n) is 12.7. The van der Waals surface area contributed by atoms with Gasteiger partial charge in [-0.05, 0) is 38.2 Å². The first-order chi connectivity index (χ1) is 16.9. The number of carbonyl (C=O) groups excluding carboxylic acids is 2. The molecule has 3 N–H and O–H groups in total. The summed E-state index contributed by atoms with van der Waals surface area (Å²) in [4.78, 5) is 38.2. The Morgan fingerprint density at radius 3 is 2.57 bits per heavy atom. The number of hydrogen-bond donors (Lipinski definition) is 3. The van der Waals surface area contributed by atoms with Crippen molar-refractivity contribution in [1.82, 2.24) is 20.3 Å². The lowest BCUT2D eigenvalue weighted by Gasteiger charge is -2.39. The molecule has 0 aliphatic carbocycles. The second-order valence-electron chi connectivity index (χ2n) is 8.82. The standard InChI is InChI=1S/C25H38ClN5O4/c1-5-9-13-35-25(33)16-14-21(27-17(16)7-3)31-11-10-19(20(15-31)34-12-6-2)29-24(32)23-28-18(8-4)22(26)30-23/h14,19-20,27H,5-13,15H2,1-4H3,(H,28,30)(H,29,32). The Hall–Kier alpha value is -2.52.